The Bertz CT molecular complexity index is 354. The van der Waals surface area contributed by atoms with E-state index in [2.05, 4.69) is 20.1 Å². The summed E-state index contributed by atoms with van der Waals surface area (Å²) in [5.41, 5.74) is 0. The molecule has 0 saturated carbocycles. The van der Waals surface area contributed by atoms with E-state index in [0.29, 0.717) is 11.0 Å². The summed E-state index contributed by atoms with van der Waals surface area (Å²) < 4.78 is 1.50. The zero-order chi connectivity index (χ0) is 8.39. The smallest absolute Gasteiger partial charge is 0.173 e. The quantitative estimate of drug-likeness (QED) is 0.650. The first-order valence-corrected chi connectivity index (χ1v) is 3.56. The van der Waals surface area contributed by atoms with E-state index in [4.69, 9.17) is 11.6 Å². The van der Waals surface area contributed by atoms with Gasteiger partial charge < -0.3 is 0 Å². The van der Waals surface area contributed by atoms with Crippen molar-refractivity contribution in [3.8, 4) is 5.82 Å². The lowest BCUT2D eigenvalue weighted by molar-refractivity contribution is 0.836. The average molecular weight is 182 g/mol. The van der Waals surface area contributed by atoms with Crippen LogP contribution in [0, 0.1) is 0 Å². The molecule has 12 heavy (non-hydrogen) atoms. The van der Waals surface area contributed by atoms with Crippen molar-refractivity contribution in [2.75, 3.05) is 0 Å². The van der Waals surface area contributed by atoms with E-state index in [1.807, 2.05) is 0 Å². The zero-order valence-corrected chi connectivity index (χ0v) is 6.68. The Morgan fingerprint density at radius 2 is 2.17 bits per heavy atom. The normalized spacial score (nSPS) is 10.1. The van der Waals surface area contributed by atoms with Crippen LogP contribution in [0.4, 0.5) is 0 Å². The van der Waals surface area contributed by atoms with Crippen molar-refractivity contribution in [1.29, 1.82) is 0 Å². The first-order valence-electron chi connectivity index (χ1n) is 3.19. The second kappa shape index (κ2) is 2.86. The lowest BCUT2D eigenvalue weighted by Crippen LogP contribution is -1.97. The predicted molar refractivity (Wildman–Crippen MR) is 42.0 cm³/mol. The molecule has 0 aromatic carbocycles. The van der Waals surface area contributed by atoms with Gasteiger partial charge in [0, 0.05) is 0 Å². The lowest BCUT2D eigenvalue weighted by atomic mass is 10.7. The molecule has 0 saturated heterocycles. The number of halogens is 1. The highest BCUT2D eigenvalue weighted by Gasteiger charge is 1.97. The molecule has 60 valence electrons. The van der Waals surface area contributed by atoms with E-state index >= 15 is 0 Å². The van der Waals surface area contributed by atoms with Gasteiger partial charge in [0.25, 0.3) is 0 Å². The largest absolute Gasteiger partial charge is 0.239 e. The maximum atomic E-state index is 5.55. The van der Waals surface area contributed by atoms with Crippen LogP contribution in [0.3, 0.4) is 0 Å². The molecule has 0 fully saturated rings. The topological polar surface area (TPSA) is 56.5 Å². The van der Waals surface area contributed by atoms with Crippen molar-refractivity contribution in [3.63, 3.8) is 0 Å². The van der Waals surface area contributed by atoms with Gasteiger partial charge >= 0.3 is 0 Å². The summed E-state index contributed by atoms with van der Waals surface area (Å²) in [5.74, 6) is 0.594. The van der Waals surface area contributed by atoms with Gasteiger partial charge in [0.15, 0.2) is 5.82 Å². The maximum Gasteiger partial charge on any atom is 0.173 e. The van der Waals surface area contributed by atoms with Gasteiger partial charge in [-0.25, -0.2) is 19.6 Å². The SMILES string of the molecule is Clc1cnc(-n2cncn2)cn1. The monoisotopic (exact) mass is 181 g/mol. The Hall–Kier alpha value is -1.49. The van der Waals surface area contributed by atoms with Gasteiger partial charge in [-0.2, -0.15) is 5.10 Å². The third-order valence-corrected chi connectivity index (χ3v) is 1.46. The Kier molecular flexibility index (Phi) is 1.71. The van der Waals surface area contributed by atoms with Gasteiger partial charge in [0.05, 0.1) is 12.4 Å². The van der Waals surface area contributed by atoms with Crippen LogP contribution in [-0.4, -0.2) is 24.7 Å². The minimum absolute atomic E-state index is 0.360. The predicted octanol–water partition coefficient (Wildman–Crippen LogP) is 0.711. The van der Waals surface area contributed by atoms with Crippen molar-refractivity contribution in [1.82, 2.24) is 24.7 Å². The molecule has 0 bridgehead atoms. The van der Waals surface area contributed by atoms with Crippen LogP contribution in [0.25, 0.3) is 5.82 Å². The molecule has 2 aromatic heterocycles. The van der Waals surface area contributed by atoms with E-state index in [-0.39, 0.29) is 0 Å². The molecule has 0 radical (unpaired) electrons. The maximum absolute atomic E-state index is 5.55. The summed E-state index contributed by atoms with van der Waals surface area (Å²) >= 11 is 5.55. The molecule has 5 nitrogen and oxygen atoms in total. The highest BCUT2D eigenvalue weighted by atomic mass is 35.5. The van der Waals surface area contributed by atoms with Crippen molar-refractivity contribution in [2.45, 2.75) is 0 Å². The van der Waals surface area contributed by atoms with Gasteiger partial charge in [-0.1, -0.05) is 11.6 Å². The van der Waals surface area contributed by atoms with E-state index in [0.717, 1.165) is 0 Å². The van der Waals surface area contributed by atoms with Crippen molar-refractivity contribution < 1.29 is 0 Å². The van der Waals surface area contributed by atoms with Gasteiger partial charge in [-0.3, -0.25) is 0 Å². The highest BCUT2D eigenvalue weighted by molar-refractivity contribution is 6.29. The second-order valence-corrected chi connectivity index (χ2v) is 2.42. The van der Waals surface area contributed by atoms with Crippen molar-refractivity contribution in [2.24, 2.45) is 0 Å². The minimum Gasteiger partial charge on any atom is -0.239 e. The first-order chi connectivity index (χ1) is 5.86. The summed E-state index contributed by atoms with van der Waals surface area (Å²) in [4.78, 5) is 11.6. The standard InChI is InChI=1S/C6H4ClN5/c7-5-1-10-6(2-9-5)12-4-8-3-11-12/h1-4H. The fraction of sp³-hybridized carbons (Fsp3) is 0. The molecule has 0 amide bonds. The minimum atomic E-state index is 0.360. The molecule has 0 aliphatic carbocycles. The Labute approximate surface area is 73.1 Å². The highest BCUT2D eigenvalue weighted by Crippen LogP contribution is 2.03. The van der Waals surface area contributed by atoms with Gasteiger partial charge in [-0.15, -0.1) is 0 Å². The van der Waals surface area contributed by atoms with Gasteiger partial charge in [0.2, 0.25) is 0 Å². The van der Waals surface area contributed by atoms with Crippen LogP contribution in [0.5, 0.6) is 0 Å². The second-order valence-electron chi connectivity index (χ2n) is 2.04. The summed E-state index contributed by atoms with van der Waals surface area (Å²) in [7, 11) is 0. The fourth-order valence-corrected chi connectivity index (χ4v) is 0.848. The van der Waals surface area contributed by atoms with Gasteiger partial charge in [0.1, 0.15) is 17.8 Å². The van der Waals surface area contributed by atoms with Crippen LogP contribution in [0.15, 0.2) is 25.0 Å². The van der Waals surface area contributed by atoms with Crippen LogP contribution < -0.4 is 0 Å². The summed E-state index contributed by atoms with van der Waals surface area (Å²) in [6.45, 7) is 0. The molecule has 0 N–H and O–H groups in total. The van der Waals surface area contributed by atoms with Crippen molar-refractivity contribution >= 4 is 11.6 Å². The van der Waals surface area contributed by atoms with E-state index in [1.165, 1.54) is 29.7 Å². The number of aromatic nitrogens is 5. The third kappa shape index (κ3) is 1.26. The number of hydrogen-bond donors (Lipinski definition) is 0. The summed E-state index contributed by atoms with van der Waals surface area (Å²) in [5, 5.41) is 4.24. The third-order valence-electron chi connectivity index (χ3n) is 1.26. The van der Waals surface area contributed by atoms with Crippen LogP contribution >= 0.6 is 11.6 Å². The van der Waals surface area contributed by atoms with Crippen LogP contribution in [0.2, 0.25) is 5.15 Å². The van der Waals surface area contributed by atoms with E-state index in [1.54, 1.807) is 0 Å². The average Bonchev–Trinajstić information content (AvgIpc) is 2.58. The molecule has 0 unspecified atom stereocenters. The molecule has 6 heteroatoms. The molecule has 2 rings (SSSR count). The van der Waals surface area contributed by atoms with Crippen molar-refractivity contribution in [3.05, 3.63) is 30.2 Å². The molecule has 0 spiro atoms. The molecular formula is C6H4ClN5. The van der Waals surface area contributed by atoms with Crippen LogP contribution in [-0.2, 0) is 0 Å². The molecule has 0 aliphatic heterocycles. The van der Waals surface area contributed by atoms with E-state index < -0.39 is 0 Å². The lowest BCUT2D eigenvalue weighted by Gasteiger charge is -1.96. The molecule has 0 atom stereocenters. The molecular weight excluding hydrogens is 178 g/mol. The Morgan fingerprint density at radius 1 is 1.25 bits per heavy atom. The fourth-order valence-electron chi connectivity index (χ4n) is 0.750. The Balaban J connectivity index is 2.43. The van der Waals surface area contributed by atoms with Gasteiger partial charge in [-0.05, 0) is 0 Å². The number of nitrogens with zero attached hydrogens (tertiary/aromatic N) is 5. The molecule has 2 heterocycles. The van der Waals surface area contributed by atoms with Crippen LogP contribution in [0.1, 0.15) is 0 Å². The number of rotatable bonds is 1. The summed E-state index contributed by atoms with van der Waals surface area (Å²) in [6.07, 6.45) is 5.95. The molecule has 0 aliphatic rings. The Morgan fingerprint density at radius 3 is 2.75 bits per heavy atom. The summed E-state index contributed by atoms with van der Waals surface area (Å²) in [6, 6.07) is 0. The molecule has 2 aromatic rings. The zero-order valence-electron chi connectivity index (χ0n) is 5.92. The first kappa shape index (κ1) is 7.17. The number of hydrogen-bond acceptors (Lipinski definition) is 4. The van der Waals surface area contributed by atoms with E-state index in [9.17, 15) is 0 Å².